The van der Waals surface area contributed by atoms with Gasteiger partial charge in [0.15, 0.2) is 0 Å². The minimum atomic E-state index is -4.51. The number of anilines is 1. The minimum Gasteiger partial charge on any atom is -0.495 e. The molecule has 0 unspecified atom stereocenters. The van der Waals surface area contributed by atoms with Crippen LogP contribution in [0.5, 0.6) is 5.75 Å². The van der Waals surface area contributed by atoms with Crippen LogP contribution in [-0.4, -0.2) is 39.3 Å². The Kier molecular flexibility index (Phi) is 6.30. The molecule has 0 spiro atoms. The zero-order chi connectivity index (χ0) is 21.1. The van der Waals surface area contributed by atoms with Crippen molar-refractivity contribution >= 4 is 21.6 Å². The number of benzene rings is 2. The fourth-order valence-electron chi connectivity index (χ4n) is 2.25. The molecule has 1 amide bonds. The molecule has 0 aliphatic rings. The third-order valence-electron chi connectivity index (χ3n) is 3.68. The van der Waals surface area contributed by atoms with Crippen molar-refractivity contribution in [1.82, 2.24) is 4.31 Å². The molecule has 11 heteroatoms. The lowest BCUT2D eigenvalue weighted by Crippen LogP contribution is -2.35. The van der Waals surface area contributed by atoms with Crippen molar-refractivity contribution in [3.05, 3.63) is 53.8 Å². The standard InChI is InChI=1S/C17H16F4N2O4S/c1-23(28(25,26)15-9-12(18)5-8-14(15)27-2)10-16(24)22-13-6-3-11(4-7-13)17(19,20)21/h3-9H,10H2,1-2H3,(H,22,24). The van der Waals surface area contributed by atoms with Crippen molar-refractivity contribution in [2.24, 2.45) is 0 Å². The largest absolute Gasteiger partial charge is 0.495 e. The van der Waals surface area contributed by atoms with Crippen LogP contribution >= 0.6 is 0 Å². The summed E-state index contributed by atoms with van der Waals surface area (Å²) in [6.07, 6.45) is -4.51. The molecule has 0 saturated heterocycles. The van der Waals surface area contributed by atoms with Gasteiger partial charge in [0.25, 0.3) is 0 Å². The lowest BCUT2D eigenvalue weighted by molar-refractivity contribution is -0.137. The summed E-state index contributed by atoms with van der Waals surface area (Å²) in [7, 11) is -1.94. The summed E-state index contributed by atoms with van der Waals surface area (Å²) in [6.45, 7) is -0.650. The number of alkyl halides is 3. The van der Waals surface area contributed by atoms with E-state index in [9.17, 15) is 30.8 Å². The van der Waals surface area contributed by atoms with Gasteiger partial charge in [-0.2, -0.15) is 17.5 Å². The first-order valence-electron chi connectivity index (χ1n) is 7.72. The van der Waals surface area contributed by atoms with E-state index in [1.165, 1.54) is 7.11 Å². The lowest BCUT2D eigenvalue weighted by atomic mass is 10.2. The van der Waals surface area contributed by atoms with Crippen molar-refractivity contribution in [3.63, 3.8) is 0 Å². The number of amides is 1. The van der Waals surface area contributed by atoms with Crippen LogP contribution in [0.2, 0.25) is 0 Å². The van der Waals surface area contributed by atoms with E-state index in [1.807, 2.05) is 0 Å². The maximum Gasteiger partial charge on any atom is 0.416 e. The van der Waals surface area contributed by atoms with Gasteiger partial charge in [-0.1, -0.05) is 0 Å². The smallest absolute Gasteiger partial charge is 0.416 e. The molecule has 2 aromatic carbocycles. The molecule has 0 aliphatic heterocycles. The number of hydrogen-bond donors (Lipinski definition) is 1. The Balaban J connectivity index is 2.12. The van der Waals surface area contributed by atoms with Gasteiger partial charge in [0.1, 0.15) is 16.5 Å². The van der Waals surface area contributed by atoms with Gasteiger partial charge in [0.2, 0.25) is 15.9 Å². The average molecular weight is 420 g/mol. The molecule has 0 aliphatic carbocycles. The number of halogens is 4. The quantitative estimate of drug-likeness (QED) is 0.729. The zero-order valence-electron chi connectivity index (χ0n) is 14.7. The summed E-state index contributed by atoms with van der Waals surface area (Å²) >= 11 is 0. The Bertz CT molecular complexity index is 960. The molecule has 0 atom stereocenters. The van der Waals surface area contributed by atoms with Crippen molar-refractivity contribution in [1.29, 1.82) is 0 Å². The van der Waals surface area contributed by atoms with Crippen LogP contribution in [0.3, 0.4) is 0 Å². The predicted molar refractivity (Wildman–Crippen MR) is 92.8 cm³/mol. The van der Waals surface area contributed by atoms with E-state index in [1.54, 1.807) is 0 Å². The maximum atomic E-state index is 13.4. The van der Waals surface area contributed by atoms with Crippen molar-refractivity contribution in [2.45, 2.75) is 11.1 Å². The van der Waals surface area contributed by atoms with Crippen LogP contribution in [-0.2, 0) is 21.0 Å². The van der Waals surface area contributed by atoms with Crippen molar-refractivity contribution in [2.75, 3.05) is 26.0 Å². The van der Waals surface area contributed by atoms with Gasteiger partial charge in [-0.3, -0.25) is 4.79 Å². The number of nitrogens with one attached hydrogen (secondary N) is 1. The molecule has 0 radical (unpaired) electrons. The molecule has 0 fully saturated rings. The second kappa shape index (κ2) is 8.15. The van der Waals surface area contributed by atoms with Crippen LogP contribution < -0.4 is 10.1 Å². The van der Waals surface area contributed by atoms with Crippen molar-refractivity contribution in [3.8, 4) is 5.75 Å². The van der Waals surface area contributed by atoms with E-state index in [2.05, 4.69) is 5.32 Å². The third kappa shape index (κ3) is 4.98. The number of methoxy groups -OCH3 is 1. The monoisotopic (exact) mass is 420 g/mol. The number of likely N-dealkylation sites (N-methyl/N-ethyl adjacent to an activating group) is 1. The molecule has 152 valence electrons. The molecule has 28 heavy (non-hydrogen) atoms. The van der Waals surface area contributed by atoms with Gasteiger partial charge < -0.3 is 10.1 Å². The Hall–Kier alpha value is -2.66. The minimum absolute atomic E-state index is 0.0622. The van der Waals surface area contributed by atoms with Gasteiger partial charge in [-0.15, -0.1) is 0 Å². The summed E-state index contributed by atoms with van der Waals surface area (Å²) in [6, 6.07) is 6.59. The SMILES string of the molecule is COc1ccc(F)cc1S(=O)(=O)N(C)CC(=O)Nc1ccc(C(F)(F)F)cc1. The van der Waals surface area contributed by atoms with E-state index in [-0.39, 0.29) is 11.4 Å². The molecule has 0 saturated carbocycles. The molecule has 0 aromatic heterocycles. The number of sulfonamides is 1. The second-order valence-corrected chi connectivity index (χ2v) is 7.69. The highest BCUT2D eigenvalue weighted by atomic mass is 32.2. The highest BCUT2D eigenvalue weighted by Crippen LogP contribution is 2.30. The van der Waals surface area contributed by atoms with Crippen LogP contribution in [0.1, 0.15) is 5.56 Å². The molecule has 1 N–H and O–H groups in total. The van der Waals surface area contributed by atoms with Crippen LogP contribution in [0.15, 0.2) is 47.4 Å². The van der Waals surface area contributed by atoms with E-state index in [0.717, 1.165) is 49.5 Å². The molecule has 0 bridgehead atoms. The van der Waals surface area contributed by atoms with E-state index >= 15 is 0 Å². The van der Waals surface area contributed by atoms with Gasteiger partial charge in [0, 0.05) is 12.7 Å². The Morgan fingerprint density at radius 3 is 2.29 bits per heavy atom. The molecule has 6 nitrogen and oxygen atoms in total. The van der Waals surface area contributed by atoms with Gasteiger partial charge in [0.05, 0.1) is 19.2 Å². The fraction of sp³-hybridized carbons (Fsp3) is 0.235. The van der Waals surface area contributed by atoms with Crippen LogP contribution in [0, 0.1) is 5.82 Å². The van der Waals surface area contributed by atoms with Crippen LogP contribution in [0.25, 0.3) is 0 Å². The lowest BCUT2D eigenvalue weighted by Gasteiger charge is -2.18. The van der Waals surface area contributed by atoms with Gasteiger partial charge >= 0.3 is 6.18 Å². The number of nitrogens with zero attached hydrogens (tertiary/aromatic N) is 1. The first-order valence-corrected chi connectivity index (χ1v) is 9.16. The zero-order valence-corrected chi connectivity index (χ0v) is 15.6. The number of carbonyl (C=O) groups is 1. The van der Waals surface area contributed by atoms with E-state index in [4.69, 9.17) is 4.74 Å². The normalized spacial score (nSPS) is 12.1. The second-order valence-electron chi connectivity index (χ2n) is 5.68. The molecular formula is C17H16F4N2O4S. The highest BCUT2D eigenvalue weighted by Gasteiger charge is 2.30. The Morgan fingerprint density at radius 1 is 1.14 bits per heavy atom. The highest BCUT2D eigenvalue weighted by molar-refractivity contribution is 7.89. The first kappa shape index (κ1) is 21.6. The molecule has 0 heterocycles. The third-order valence-corrected chi connectivity index (χ3v) is 5.50. The van der Waals surface area contributed by atoms with Gasteiger partial charge in [-0.25, -0.2) is 12.8 Å². The van der Waals surface area contributed by atoms with Crippen molar-refractivity contribution < 1.29 is 35.5 Å². The summed E-state index contributed by atoms with van der Waals surface area (Å²) < 4.78 is 81.8. The summed E-state index contributed by atoms with van der Waals surface area (Å²) in [5.41, 5.74) is -0.824. The average Bonchev–Trinajstić information content (AvgIpc) is 2.61. The maximum absolute atomic E-state index is 13.4. The molecular weight excluding hydrogens is 404 g/mol. The number of hydrogen-bond acceptors (Lipinski definition) is 4. The Labute approximate surface area is 158 Å². The molecule has 2 rings (SSSR count). The Morgan fingerprint density at radius 2 is 1.75 bits per heavy atom. The number of rotatable bonds is 6. The topological polar surface area (TPSA) is 75.7 Å². The fourth-order valence-corrected chi connectivity index (χ4v) is 3.54. The first-order chi connectivity index (χ1) is 12.9. The van der Waals surface area contributed by atoms with Crippen LogP contribution in [0.4, 0.5) is 23.2 Å². The summed E-state index contributed by atoms with van der Waals surface area (Å²) in [5, 5.41) is 2.30. The summed E-state index contributed by atoms with van der Waals surface area (Å²) in [4.78, 5) is 11.6. The number of ether oxygens (including phenoxy) is 1. The predicted octanol–water partition coefficient (Wildman–Crippen LogP) is 3.11. The number of carbonyl (C=O) groups excluding carboxylic acids is 1. The summed E-state index contributed by atoms with van der Waals surface area (Å²) in [5.74, 6) is -1.69. The van der Waals surface area contributed by atoms with Gasteiger partial charge in [-0.05, 0) is 42.5 Å². The van der Waals surface area contributed by atoms with E-state index in [0.29, 0.717) is 4.31 Å². The molecule has 2 aromatic rings. The van der Waals surface area contributed by atoms with E-state index < -0.39 is 44.9 Å².